The molecule has 1 aromatic heterocycles. The summed E-state index contributed by atoms with van der Waals surface area (Å²) < 4.78 is 6.02. The number of rotatable bonds is 2. The summed E-state index contributed by atoms with van der Waals surface area (Å²) in [6.07, 6.45) is 0. The van der Waals surface area contributed by atoms with Crippen molar-refractivity contribution in [2.75, 3.05) is 7.11 Å². The SMILES string of the molecule is COc1sc(CCl)cc1Br. The van der Waals surface area contributed by atoms with Gasteiger partial charge in [-0.25, -0.2) is 0 Å². The number of ether oxygens (including phenoxy) is 1. The van der Waals surface area contributed by atoms with Crippen molar-refractivity contribution in [2.24, 2.45) is 0 Å². The van der Waals surface area contributed by atoms with Crippen LogP contribution in [0.2, 0.25) is 0 Å². The number of methoxy groups -OCH3 is 1. The minimum atomic E-state index is 0.548. The summed E-state index contributed by atoms with van der Waals surface area (Å²) in [5.74, 6) is 0.548. The van der Waals surface area contributed by atoms with Crippen molar-refractivity contribution in [2.45, 2.75) is 5.88 Å². The first-order valence-electron chi connectivity index (χ1n) is 2.66. The van der Waals surface area contributed by atoms with E-state index in [1.165, 1.54) is 0 Å². The van der Waals surface area contributed by atoms with E-state index in [4.69, 9.17) is 16.3 Å². The molecule has 0 bridgehead atoms. The Balaban J connectivity index is 2.92. The van der Waals surface area contributed by atoms with E-state index in [0.717, 1.165) is 14.4 Å². The summed E-state index contributed by atoms with van der Waals surface area (Å²) in [6.45, 7) is 0. The van der Waals surface area contributed by atoms with E-state index in [1.54, 1.807) is 18.4 Å². The van der Waals surface area contributed by atoms with Crippen LogP contribution in [0, 0.1) is 0 Å². The van der Waals surface area contributed by atoms with Crippen LogP contribution in [0.15, 0.2) is 10.5 Å². The molecule has 0 aliphatic carbocycles. The fraction of sp³-hybridized carbons (Fsp3) is 0.333. The topological polar surface area (TPSA) is 9.23 Å². The standard InChI is InChI=1S/C6H6BrClOS/c1-9-6-5(7)2-4(3-8)10-6/h2H,3H2,1H3. The molecule has 0 unspecified atom stereocenters. The Morgan fingerprint density at radius 1 is 1.80 bits per heavy atom. The predicted molar refractivity (Wildman–Crippen MR) is 48.1 cm³/mol. The first kappa shape index (κ1) is 8.37. The van der Waals surface area contributed by atoms with Crippen molar-refractivity contribution < 1.29 is 4.74 Å². The van der Waals surface area contributed by atoms with Crippen LogP contribution in [0.4, 0.5) is 0 Å². The molecular formula is C6H6BrClOS. The highest BCUT2D eigenvalue weighted by Crippen LogP contribution is 2.35. The van der Waals surface area contributed by atoms with Gasteiger partial charge in [0.25, 0.3) is 0 Å². The molecule has 0 spiro atoms. The molecule has 10 heavy (non-hydrogen) atoms. The fourth-order valence-electron chi connectivity index (χ4n) is 0.603. The van der Waals surface area contributed by atoms with E-state index >= 15 is 0 Å². The van der Waals surface area contributed by atoms with Gasteiger partial charge < -0.3 is 4.74 Å². The summed E-state index contributed by atoms with van der Waals surface area (Å²) >= 11 is 10.5. The number of thiophene rings is 1. The molecule has 0 radical (unpaired) electrons. The molecule has 1 nitrogen and oxygen atoms in total. The van der Waals surface area contributed by atoms with Gasteiger partial charge in [-0.3, -0.25) is 0 Å². The van der Waals surface area contributed by atoms with Crippen LogP contribution in [-0.4, -0.2) is 7.11 Å². The lowest BCUT2D eigenvalue weighted by Crippen LogP contribution is -1.75. The molecule has 0 saturated carbocycles. The second kappa shape index (κ2) is 3.60. The summed E-state index contributed by atoms with van der Waals surface area (Å²) in [5, 5.41) is 0.885. The van der Waals surface area contributed by atoms with Crippen LogP contribution in [0.5, 0.6) is 5.06 Å². The Kier molecular flexibility index (Phi) is 3.01. The van der Waals surface area contributed by atoms with Gasteiger partial charge in [0, 0.05) is 4.88 Å². The summed E-state index contributed by atoms with van der Waals surface area (Å²) in [7, 11) is 1.65. The van der Waals surface area contributed by atoms with E-state index in [1.807, 2.05) is 6.07 Å². The maximum Gasteiger partial charge on any atom is 0.188 e. The van der Waals surface area contributed by atoms with Gasteiger partial charge in [-0.2, -0.15) is 0 Å². The van der Waals surface area contributed by atoms with Gasteiger partial charge >= 0.3 is 0 Å². The third-order valence-corrected chi connectivity index (χ3v) is 3.42. The molecule has 0 aliphatic heterocycles. The van der Waals surface area contributed by atoms with Crippen LogP contribution in [0.3, 0.4) is 0 Å². The van der Waals surface area contributed by atoms with Gasteiger partial charge in [0.15, 0.2) is 5.06 Å². The monoisotopic (exact) mass is 240 g/mol. The molecular weight excluding hydrogens is 235 g/mol. The first-order valence-corrected chi connectivity index (χ1v) is 4.80. The molecule has 0 amide bonds. The number of hydrogen-bond acceptors (Lipinski definition) is 2. The molecule has 0 aromatic carbocycles. The average molecular weight is 242 g/mol. The van der Waals surface area contributed by atoms with Crippen LogP contribution < -0.4 is 4.74 Å². The van der Waals surface area contributed by atoms with E-state index in [2.05, 4.69) is 15.9 Å². The second-order valence-corrected chi connectivity index (χ2v) is 3.91. The molecule has 0 aliphatic rings. The predicted octanol–water partition coefficient (Wildman–Crippen LogP) is 3.26. The van der Waals surface area contributed by atoms with Crippen molar-refractivity contribution in [3.05, 3.63) is 15.4 Å². The Morgan fingerprint density at radius 3 is 2.80 bits per heavy atom. The molecule has 0 saturated heterocycles. The molecule has 1 heterocycles. The third kappa shape index (κ3) is 1.65. The van der Waals surface area contributed by atoms with Crippen LogP contribution in [0.1, 0.15) is 4.88 Å². The molecule has 0 atom stereocenters. The van der Waals surface area contributed by atoms with Crippen LogP contribution in [-0.2, 0) is 5.88 Å². The second-order valence-electron chi connectivity index (χ2n) is 1.69. The van der Waals surface area contributed by atoms with Gasteiger partial charge in [-0.15, -0.1) is 22.9 Å². The highest BCUT2D eigenvalue weighted by Gasteiger charge is 2.04. The van der Waals surface area contributed by atoms with E-state index in [0.29, 0.717) is 5.88 Å². The summed E-state index contributed by atoms with van der Waals surface area (Å²) in [4.78, 5) is 1.12. The zero-order valence-electron chi connectivity index (χ0n) is 5.36. The Labute approximate surface area is 77.1 Å². The lowest BCUT2D eigenvalue weighted by Gasteiger charge is -1.91. The molecule has 1 aromatic rings. The molecule has 0 N–H and O–H groups in total. The van der Waals surface area contributed by atoms with Crippen molar-refractivity contribution in [3.8, 4) is 5.06 Å². The van der Waals surface area contributed by atoms with Crippen molar-refractivity contribution >= 4 is 38.9 Å². The van der Waals surface area contributed by atoms with Crippen LogP contribution >= 0.6 is 38.9 Å². The highest BCUT2D eigenvalue weighted by atomic mass is 79.9. The quantitative estimate of drug-likeness (QED) is 0.722. The highest BCUT2D eigenvalue weighted by molar-refractivity contribution is 9.10. The lowest BCUT2D eigenvalue weighted by atomic mass is 10.5. The summed E-state index contributed by atoms with van der Waals surface area (Å²) in [5.41, 5.74) is 0. The summed E-state index contributed by atoms with van der Waals surface area (Å²) in [6, 6.07) is 1.97. The van der Waals surface area contributed by atoms with Crippen molar-refractivity contribution in [1.82, 2.24) is 0 Å². The van der Waals surface area contributed by atoms with Gasteiger partial charge in [0.05, 0.1) is 17.5 Å². The van der Waals surface area contributed by atoms with Gasteiger partial charge in [0.1, 0.15) is 0 Å². The van der Waals surface area contributed by atoms with E-state index < -0.39 is 0 Å². The number of alkyl halides is 1. The van der Waals surface area contributed by atoms with Gasteiger partial charge in [0.2, 0.25) is 0 Å². The van der Waals surface area contributed by atoms with E-state index in [9.17, 15) is 0 Å². The molecule has 4 heteroatoms. The Hall–Kier alpha value is 0.270. The normalized spacial score (nSPS) is 9.90. The fourth-order valence-corrected chi connectivity index (χ4v) is 2.39. The smallest absolute Gasteiger partial charge is 0.188 e. The largest absolute Gasteiger partial charge is 0.486 e. The van der Waals surface area contributed by atoms with Gasteiger partial charge in [-0.1, -0.05) is 0 Å². The minimum Gasteiger partial charge on any atom is -0.486 e. The molecule has 1 rings (SSSR count). The van der Waals surface area contributed by atoms with Crippen molar-refractivity contribution in [1.29, 1.82) is 0 Å². The lowest BCUT2D eigenvalue weighted by molar-refractivity contribution is 0.425. The molecule has 56 valence electrons. The first-order chi connectivity index (χ1) is 4.77. The number of hydrogen-bond donors (Lipinski definition) is 0. The maximum atomic E-state index is 5.60. The Bertz CT molecular complexity index is 224. The average Bonchev–Trinajstić information content (AvgIpc) is 2.30. The van der Waals surface area contributed by atoms with Gasteiger partial charge in [-0.05, 0) is 22.0 Å². The third-order valence-electron chi connectivity index (χ3n) is 1.02. The number of halogens is 2. The van der Waals surface area contributed by atoms with Crippen molar-refractivity contribution in [3.63, 3.8) is 0 Å². The van der Waals surface area contributed by atoms with E-state index in [-0.39, 0.29) is 0 Å². The zero-order valence-corrected chi connectivity index (χ0v) is 8.52. The molecule has 0 fully saturated rings. The maximum absolute atomic E-state index is 5.60. The van der Waals surface area contributed by atoms with Crippen LogP contribution in [0.25, 0.3) is 0 Å². The Morgan fingerprint density at radius 2 is 2.50 bits per heavy atom. The minimum absolute atomic E-state index is 0.548. The zero-order chi connectivity index (χ0) is 7.56.